The van der Waals surface area contributed by atoms with Crippen LogP contribution in [0, 0.1) is 6.92 Å². The largest absolute Gasteiger partial charge is 0.336 e. The van der Waals surface area contributed by atoms with Crippen LogP contribution in [0.1, 0.15) is 15.4 Å². The molecule has 0 spiro atoms. The lowest BCUT2D eigenvalue weighted by molar-refractivity contribution is 0.0637. The minimum atomic E-state index is 0.0664. The molecule has 0 aliphatic carbocycles. The van der Waals surface area contributed by atoms with E-state index in [1.54, 1.807) is 6.20 Å². The van der Waals surface area contributed by atoms with E-state index in [9.17, 15) is 4.79 Å². The SMILES string of the molecule is Cc1nnsc1C(=O)N1CCN(CCn2ccnc2)CC1. The van der Waals surface area contributed by atoms with Gasteiger partial charge in [-0.2, -0.15) is 0 Å². The number of imidazole rings is 1. The van der Waals surface area contributed by atoms with Gasteiger partial charge >= 0.3 is 0 Å². The monoisotopic (exact) mass is 306 g/mol. The van der Waals surface area contributed by atoms with Gasteiger partial charge in [0.2, 0.25) is 0 Å². The second-order valence-electron chi connectivity index (χ2n) is 5.12. The first-order chi connectivity index (χ1) is 10.2. The van der Waals surface area contributed by atoms with Crippen molar-refractivity contribution in [3.63, 3.8) is 0 Å². The van der Waals surface area contributed by atoms with Crippen LogP contribution in [0.5, 0.6) is 0 Å². The van der Waals surface area contributed by atoms with E-state index in [-0.39, 0.29) is 5.91 Å². The zero-order chi connectivity index (χ0) is 14.7. The van der Waals surface area contributed by atoms with Gasteiger partial charge < -0.3 is 9.47 Å². The van der Waals surface area contributed by atoms with Crippen LogP contribution in [-0.4, -0.2) is 67.6 Å². The summed E-state index contributed by atoms with van der Waals surface area (Å²) in [6.45, 7) is 7.10. The number of rotatable bonds is 4. The third-order valence-corrected chi connectivity index (χ3v) is 4.55. The standard InChI is InChI=1S/C13H18N6OS/c1-11-12(21-16-15-11)13(20)19-8-6-17(7-9-19)4-5-18-3-2-14-10-18/h2-3,10H,4-9H2,1H3. The number of carbonyl (C=O) groups excluding carboxylic acids is 1. The van der Waals surface area contributed by atoms with Gasteiger partial charge in [-0.05, 0) is 18.5 Å². The Bertz CT molecular complexity index is 588. The van der Waals surface area contributed by atoms with Gasteiger partial charge in [-0.1, -0.05) is 4.49 Å². The summed E-state index contributed by atoms with van der Waals surface area (Å²) in [5.41, 5.74) is 0.729. The number of hydrogen-bond acceptors (Lipinski definition) is 6. The highest BCUT2D eigenvalue weighted by atomic mass is 32.1. The van der Waals surface area contributed by atoms with Crippen LogP contribution in [-0.2, 0) is 6.54 Å². The van der Waals surface area contributed by atoms with Crippen molar-refractivity contribution in [3.05, 3.63) is 29.3 Å². The van der Waals surface area contributed by atoms with Crippen molar-refractivity contribution in [3.8, 4) is 0 Å². The molecule has 3 rings (SSSR count). The lowest BCUT2D eigenvalue weighted by atomic mass is 10.2. The second-order valence-corrected chi connectivity index (χ2v) is 5.88. The fourth-order valence-electron chi connectivity index (χ4n) is 2.42. The van der Waals surface area contributed by atoms with E-state index in [0.29, 0.717) is 4.88 Å². The predicted molar refractivity (Wildman–Crippen MR) is 79.2 cm³/mol. The molecule has 8 heteroatoms. The highest BCUT2D eigenvalue weighted by Gasteiger charge is 2.24. The number of aryl methyl sites for hydroxylation is 1. The zero-order valence-corrected chi connectivity index (χ0v) is 12.8. The molecule has 112 valence electrons. The molecule has 0 unspecified atom stereocenters. The van der Waals surface area contributed by atoms with Crippen molar-refractivity contribution in [2.45, 2.75) is 13.5 Å². The fraction of sp³-hybridized carbons (Fsp3) is 0.538. The smallest absolute Gasteiger partial charge is 0.267 e. The van der Waals surface area contributed by atoms with Crippen LogP contribution in [0.25, 0.3) is 0 Å². The van der Waals surface area contributed by atoms with Gasteiger partial charge in [0.15, 0.2) is 0 Å². The highest BCUT2D eigenvalue weighted by molar-refractivity contribution is 7.07. The van der Waals surface area contributed by atoms with Gasteiger partial charge in [0, 0.05) is 51.7 Å². The summed E-state index contributed by atoms with van der Waals surface area (Å²) in [7, 11) is 0. The lowest BCUT2D eigenvalue weighted by Crippen LogP contribution is -2.49. The van der Waals surface area contributed by atoms with Gasteiger partial charge in [0.1, 0.15) is 4.88 Å². The average molecular weight is 306 g/mol. The van der Waals surface area contributed by atoms with E-state index < -0.39 is 0 Å². The summed E-state index contributed by atoms with van der Waals surface area (Å²) in [6.07, 6.45) is 5.60. The Morgan fingerprint density at radius 1 is 1.29 bits per heavy atom. The summed E-state index contributed by atoms with van der Waals surface area (Å²) in [6, 6.07) is 0. The van der Waals surface area contributed by atoms with E-state index in [0.717, 1.165) is 45.0 Å². The van der Waals surface area contributed by atoms with Crippen LogP contribution in [0.3, 0.4) is 0 Å². The van der Waals surface area contributed by atoms with Gasteiger partial charge in [-0.3, -0.25) is 9.69 Å². The average Bonchev–Trinajstić information content (AvgIpc) is 3.16. The van der Waals surface area contributed by atoms with E-state index in [1.807, 2.05) is 24.3 Å². The first-order valence-electron chi connectivity index (χ1n) is 7.00. The van der Waals surface area contributed by atoms with Gasteiger partial charge in [0.25, 0.3) is 5.91 Å². The fourth-order valence-corrected chi connectivity index (χ4v) is 3.05. The summed E-state index contributed by atoms with van der Waals surface area (Å²) >= 11 is 1.18. The maximum Gasteiger partial charge on any atom is 0.267 e. The van der Waals surface area contributed by atoms with Crippen molar-refractivity contribution in [1.82, 2.24) is 28.9 Å². The third kappa shape index (κ3) is 3.27. The normalized spacial score (nSPS) is 16.3. The molecule has 1 fully saturated rings. The number of piperazine rings is 1. The first kappa shape index (κ1) is 14.2. The van der Waals surface area contributed by atoms with Gasteiger partial charge in [-0.15, -0.1) is 5.10 Å². The van der Waals surface area contributed by atoms with E-state index in [1.165, 1.54) is 11.5 Å². The number of carbonyl (C=O) groups is 1. The molecule has 3 heterocycles. The first-order valence-corrected chi connectivity index (χ1v) is 7.77. The summed E-state index contributed by atoms with van der Waals surface area (Å²) in [4.78, 5) is 21.3. The number of nitrogens with zero attached hydrogens (tertiary/aromatic N) is 6. The van der Waals surface area contributed by atoms with Crippen LogP contribution in [0.2, 0.25) is 0 Å². The van der Waals surface area contributed by atoms with Crippen LogP contribution in [0.15, 0.2) is 18.7 Å². The molecule has 0 atom stereocenters. The van der Waals surface area contributed by atoms with Crippen molar-refractivity contribution in [2.24, 2.45) is 0 Å². The van der Waals surface area contributed by atoms with Crippen molar-refractivity contribution < 1.29 is 4.79 Å². The number of amides is 1. The maximum absolute atomic E-state index is 12.4. The number of hydrogen-bond donors (Lipinski definition) is 0. The Labute approximate surface area is 127 Å². The van der Waals surface area contributed by atoms with Crippen molar-refractivity contribution in [2.75, 3.05) is 32.7 Å². The van der Waals surface area contributed by atoms with E-state index in [4.69, 9.17) is 0 Å². The minimum absolute atomic E-state index is 0.0664. The zero-order valence-electron chi connectivity index (χ0n) is 12.0. The topological polar surface area (TPSA) is 67.2 Å². The quantitative estimate of drug-likeness (QED) is 0.823. The minimum Gasteiger partial charge on any atom is -0.336 e. The number of aromatic nitrogens is 4. The Hall–Kier alpha value is -1.80. The molecule has 1 amide bonds. The summed E-state index contributed by atoms with van der Waals surface area (Å²) < 4.78 is 5.91. The molecule has 21 heavy (non-hydrogen) atoms. The molecule has 2 aromatic rings. The third-order valence-electron chi connectivity index (χ3n) is 3.74. The second kappa shape index (κ2) is 6.31. The molecular weight excluding hydrogens is 288 g/mol. The molecule has 1 aliphatic rings. The molecule has 0 aromatic carbocycles. The van der Waals surface area contributed by atoms with Crippen molar-refractivity contribution >= 4 is 17.4 Å². The Morgan fingerprint density at radius 3 is 2.71 bits per heavy atom. The van der Waals surface area contributed by atoms with E-state index >= 15 is 0 Å². The molecule has 7 nitrogen and oxygen atoms in total. The van der Waals surface area contributed by atoms with Crippen molar-refractivity contribution in [1.29, 1.82) is 0 Å². The molecular formula is C13H18N6OS. The van der Waals surface area contributed by atoms with Gasteiger partial charge in [0.05, 0.1) is 12.0 Å². The van der Waals surface area contributed by atoms with Crippen LogP contribution >= 0.6 is 11.5 Å². The van der Waals surface area contributed by atoms with Gasteiger partial charge in [-0.25, -0.2) is 4.98 Å². The Balaban J connectivity index is 1.49. The molecule has 0 bridgehead atoms. The van der Waals surface area contributed by atoms with Crippen LogP contribution < -0.4 is 0 Å². The predicted octanol–water partition coefficient (Wildman–Crippen LogP) is 0.501. The van der Waals surface area contributed by atoms with Crippen LogP contribution in [0.4, 0.5) is 0 Å². The molecule has 1 saturated heterocycles. The molecule has 0 radical (unpaired) electrons. The maximum atomic E-state index is 12.4. The summed E-state index contributed by atoms with van der Waals surface area (Å²) in [5.74, 6) is 0.0664. The summed E-state index contributed by atoms with van der Waals surface area (Å²) in [5, 5.41) is 3.91. The Kier molecular flexibility index (Phi) is 4.26. The Morgan fingerprint density at radius 2 is 2.10 bits per heavy atom. The van der Waals surface area contributed by atoms with E-state index in [2.05, 4.69) is 24.0 Å². The highest BCUT2D eigenvalue weighted by Crippen LogP contribution is 2.14. The lowest BCUT2D eigenvalue weighted by Gasteiger charge is -2.34. The molecule has 0 N–H and O–H groups in total. The molecule has 2 aromatic heterocycles. The molecule has 0 saturated carbocycles. The molecule has 1 aliphatic heterocycles.